The van der Waals surface area contributed by atoms with Crippen molar-refractivity contribution in [2.45, 2.75) is 18.9 Å². The van der Waals surface area contributed by atoms with Crippen LogP contribution in [-0.4, -0.2) is 35.0 Å². The van der Waals surface area contributed by atoms with Crippen LogP contribution in [0.1, 0.15) is 22.5 Å². The number of carbonyl (C=O) groups is 1. The van der Waals surface area contributed by atoms with Crippen molar-refractivity contribution in [3.8, 4) is 10.6 Å². The van der Waals surface area contributed by atoms with E-state index >= 15 is 0 Å². The van der Waals surface area contributed by atoms with Crippen LogP contribution in [-0.2, 0) is 0 Å². The van der Waals surface area contributed by atoms with E-state index in [4.69, 9.17) is 0 Å². The second-order valence-corrected chi connectivity index (χ2v) is 7.46. The summed E-state index contributed by atoms with van der Waals surface area (Å²) in [6, 6.07) is 12.5. The van der Waals surface area contributed by atoms with E-state index in [0.29, 0.717) is 15.4 Å². The number of rotatable bonds is 4. The molecule has 1 N–H and O–H groups in total. The zero-order valence-corrected chi connectivity index (χ0v) is 15.5. The molecule has 1 saturated heterocycles. The van der Waals surface area contributed by atoms with Crippen LogP contribution in [0.5, 0.6) is 0 Å². The highest BCUT2D eigenvalue weighted by Crippen LogP contribution is 2.27. The Hall–Kier alpha value is -2.80. The first-order valence-corrected chi connectivity index (χ1v) is 9.70. The second-order valence-electron chi connectivity index (χ2n) is 6.43. The van der Waals surface area contributed by atoms with Crippen LogP contribution in [0.15, 0.2) is 54.9 Å². The number of piperidine rings is 1. The van der Waals surface area contributed by atoms with Gasteiger partial charge < -0.3 is 10.2 Å². The zero-order valence-electron chi connectivity index (χ0n) is 14.6. The molecule has 1 aliphatic heterocycles. The molecule has 138 valence electrons. The van der Waals surface area contributed by atoms with Crippen LogP contribution in [0.2, 0.25) is 0 Å². The molecule has 27 heavy (non-hydrogen) atoms. The molecule has 1 amide bonds. The molecule has 3 heterocycles. The molecule has 0 atom stereocenters. The molecule has 2 aromatic heterocycles. The summed E-state index contributed by atoms with van der Waals surface area (Å²) in [5.41, 5.74) is 0.421. The lowest BCUT2D eigenvalue weighted by atomic mass is 10.0. The fourth-order valence-corrected chi connectivity index (χ4v) is 4.03. The number of pyridine rings is 1. The van der Waals surface area contributed by atoms with Gasteiger partial charge in [-0.2, -0.15) is 0 Å². The Balaban J connectivity index is 1.36. The lowest BCUT2D eigenvalue weighted by Crippen LogP contribution is -2.44. The van der Waals surface area contributed by atoms with E-state index in [2.05, 4.69) is 20.2 Å². The van der Waals surface area contributed by atoms with Crippen molar-refractivity contribution in [2.75, 3.05) is 18.0 Å². The van der Waals surface area contributed by atoms with Gasteiger partial charge in [0.15, 0.2) is 0 Å². The first-order valence-electron chi connectivity index (χ1n) is 8.88. The monoisotopic (exact) mass is 382 g/mol. The van der Waals surface area contributed by atoms with E-state index in [1.807, 2.05) is 18.2 Å². The van der Waals surface area contributed by atoms with Crippen molar-refractivity contribution >= 4 is 23.1 Å². The van der Waals surface area contributed by atoms with Gasteiger partial charge in [-0.05, 0) is 37.1 Å². The molecular formula is C20H19FN4OS. The smallest absolute Gasteiger partial charge is 0.263 e. The summed E-state index contributed by atoms with van der Waals surface area (Å²) in [5.74, 6) is 0.492. The quantitative estimate of drug-likeness (QED) is 0.747. The minimum atomic E-state index is -0.333. The average Bonchev–Trinajstić information content (AvgIpc) is 3.20. The molecule has 7 heteroatoms. The number of nitrogens with zero attached hydrogens (tertiary/aromatic N) is 3. The minimum absolute atomic E-state index is 0.122. The summed E-state index contributed by atoms with van der Waals surface area (Å²) in [6.45, 7) is 1.70. The first-order chi connectivity index (χ1) is 13.2. The van der Waals surface area contributed by atoms with Gasteiger partial charge in [0.1, 0.15) is 21.5 Å². The standard InChI is InChI=1S/C20H19FN4OS/c21-16-6-2-1-5-15(16)20-23-13-17(27-20)19(26)24-14-8-11-25(12-9-14)18-7-3-4-10-22-18/h1-7,10,13-14H,8-9,11-12H2,(H,24,26). The Kier molecular flexibility index (Phi) is 5.11. The minimum Gasteiger partial charge on any atom is -0.356 e. The summed E-state index contributed by atoms with van der Waals surface area (Å²) < 4.78 is 13.9. The topological polar surface area (TPSA) is 58.1 Å². The maximum atomic E-state index is 13.9. The molecule has 0 saturated carbocycles. The van der Waals surface area contributed by atoms with Gasteiger partial charge in [0.25, 0.3) is 5.91 Å². The summed E-state index contributed by atoms with van der Waals surface area (Å²) in [4.78, 5) is 23.9. The maximum absolute atomic E-state index is 13.9. The largest absolute Gasteiger partial charge is 0.356 e. The molecular weight excluding hydrogens is 363 g/mol. The van der Waals surface area contributed by atoms with E-state index in [1.165, 1.54) is 23.6 Å². The van der Waals surface area contributed by atoms with Crippen LogP contribution in [0.4, 0.5) is 10.2 Å². The number of hydrogen-bond acceptors (Lipinski definition) is 5. The van der Waals surface area contributed by atoms with Gasteiger partial charge in [0.2, 0.25) is 0 Å². The van der Waals surface area contributed by atoms with Crippen molar-refractivity contribution in [3.05, 3.63) is 65.6 Å². The third-order valence-corrected chi connectivity index (χ3v) is 5.67. The van der Waals surface area contributed by atoms with Gasteiger partial charge in [0.05, 0.1) is 6.20 Å². The molecule has 0 unspecified atom stereocenters. The van der Waals surface area contributed by atoms with Gasteiger partial charge >= 0.3 is 0 Å². The Morgan fingerprint density at radius 1 is 1.11 bits per heavy atom. The lowest BCUT2D eigenvalue weighted by Gasteiger charge is -2.33. The van der Waals surface area contributed by atoms with Crippen molar-refractivity contribution in [1.29, 1.82) is 0 Å². The van der Waals surface area contributed by atoms with Crippen LogP contribution < -0.4 is 10.2 Å². The molecule has 0 aliphatic carbocycles. The molecule has 0 radical (unpaired) electrons. The Morgan fingerprint density at radius 3 is 2.63 bits per heavy atom. The number of thiazole rings is 1. The van der Waals surface area contributed by atoms with E-state index in [-0.39, 0.29) is 17.8 Å². The first kappa shape index (κ1) is 17.6. The van der Waals surface area contributed by atoms with E-state index in [1.54, 1.807) is 24.4 Å². The summed E-state index contributed by atoms with van der Waals surface area (Å²) in [6.07, 6.45) is 5.04. The average molecular weight is 382 g/mol. The SMILES string of the molecule is O=C(NC1CCN(c2ccccn2)CC1)c1cnc(-c2ccccc2F)s1. The normalized spacial score (nSPS) is 14.9. The van der Waals surface area contributed by atoms with Crippen LogP contribution in [0.25, 0.3) is 10.6 Å². The molecule has 3 aromatic rings. The molecule has 1 fully saturated rings. The Morgan fingerprint density at radius 2 is 1.89 bits per heavy atom. The van der Waals surface area contributed by atoms with Gasteiger partial charge in [-0.3, -0.25) is 4.79 Å². The molecule has 0 bridgehead atoms. The van der Waals surface area contributed by atoms with Crippen molar-refractivity contribution in [3.63, 3.8) is 0 Å². The van der Waals surface area contributed by atoms with Crippen molar-refractivity contribution in [1.82, 2.24) is 15.3 Å². The summed E-state index contributed by atoms with van der Waals surface area (Å²) in [5, 5.41) is 3.59. The van der Waals surface area contributed by atoms with Gasteiger partial charge in [0, 0.05) is 30.9 Å². The Bertz CT molecular complexity index is 922. The fourth-order valence-electron chi connectivity index (χ4n) is 3.19. The van der Waals surface area contributed by atoms with Crippen LogP contribution >= 0.6 is 11.3 Å². The summed E-state index contributed by atoms with van der Waals surface area (Å²) >= 11 is 1.21. The number of aromatic nitrogens is 2. The number of amides is 1. The highest BCUT2D eigenvalue weighted by Gasteiger charge is 2.23. The molecule has 5 nitrogen and oxygen atoms in total. The molecule has 0 spiro atoms. The van der Waals surface area contributed by atoms with E-state index < -0.39 is 0 Å². The molecule has 1 aromatic carbocycles. The number of carbonyl (C=O) groups excluding carboxylic acids is 1. The summed E-state index contributed by atoms with van der Waals surface area (Å²) in [7, 11) is 0. The van der Waals surface area contributed by atoms with Crippen molar-refractivity contribution < 1.29 is 9.18 Å². The number of hydrogen-bond donors (Lipinski definition) is 1. The number of anilines is 1. The highest BCUT2D eigenvalue weighted by atomic mass is 32.1. The van der Waals surface area contributed by atoms with Gasteiger partial charge in [-0.15, -0.1) is 11.3 Å². The number of nitrogens with one attached hydrogen (secondary N) is 1. The third-order valence-electron chi connectivity index (χ3n) is 4.64. The molecule has 1 aliphatic rings. The lowest BCUT2D eigenvalue weighted by molar-refractivity contribution is 0.0935. The van der Waals surface area contributed by atoms with Gasteiger partial charge in [-0.1, -0.05) is 18.2 Å². The van der Waals surface area contributed by atoms with E-state index in [9.17, 15) is 9.18 Å². The fraction of sp³-hybridized carbons (Fsp3) is 0.250. The molecule has 4 rings (SSSR count). The predicted molar refractivity (Wildman–Crippen MR) is 104 cm³/mol. The van der Waals surface area contributed by atoms with Crippen LogP contribution in [0.3, 0.4) is 0 Å². The predicted octanol–water partition coefficient (Wildman–Crippen LogP) is 3.74. The second kappa shape index (κ2) is 7.84. The van der Waals surface area contributed by atoms with Crippen molar-refractivity contribution in [2.24, 2.45) is 0 Å². The zero-order chi connectivity index (χ0) is 18.6. The number of benzene rings is 1. The highest BCUT2D eigenvalue weighted by molar-refractivity contribution is 7.16. The Labute approximate surface area is 160 Å². The number of halogens is 1. The van der Waals surface area contributed by atoms with E-state index in [0.717, 1.165) is 31.7 Å². The van der Waals surface area contributed by atoms with Crippen LogP contribution in [0, 0.1) is 5.82 Å². The van der Waals surface area contributed by atoms with Gasteiger partial charge in [-0.25, -0.2) is 14.4 Å². The maximum Gasteiger partial charge on any atom is 0.263 e. The third kappa shape index (κ3) is 3.98.